The number of nitriles is 1. The van der Waals surface area contributed by atoms with Crippen molar-refractivity contribution in [3.05, 3.63) is 58.6 Å². The third-order valence-electron chi connectivity index (χ3n) is 6.10. The highest BCUT2D eigenvalue weighted by atomic mass is 35.5. The number of aliphatic hydroxyl groups is 1. The van der Waals surface area contributed by atoms with Crippen LogP contribution in [-0.2, 0) is 4.74 Å². The molecule has 0 bridgehead atoms. The number of hydrogen-bond donors (Lipinski definition) is 1. The number of rotatable bonds is 5. The lowest BCUT2D eigenvalue weighted by Gasteiger charge is -2.47. The fraction of sp³-hybridized carbons (Fsp3) is 0.458. The molecular weight excluding hydrogens is 414 g/mol. The van der Waals surface area contributed by atoms with E-state index in [2.05, 4.69) is 15.9 Å². The molecule has 2 aliphatic rings. The molecule has 2 aliphatic heterocycles. The van der Waals surface area contributed by atoms with Gasteiger partial charge in [0.2, 0.25) is 0 Å². The number of anilines is 1. The van der Waals surface area contributed by atoms with E-state index >= 15 is 0 Å². The minimum Gasteiger partial charge on any atom is -0.485 e. The molecule has 2 heterocycles. The van der Waals surface area contributed by atoms with Gasteiger partial charge in [-0.2, -0.15) is 5.26 Å². The Kier molecular flexibility index (Phi) is 6.40. The maximum atomic E-state index is 11.4. The summed E-state index contributed by atoms with van der Waals surface area (Å²) in [5.41, 5.74) is 1.55. The van der Waals surface area contributed by atoms with Crippen LogP contribution in [0.2, 0.25) is 5.02 Å². The number of aliphatic hydroxyl groups excluding tert-OH is 1. The van der Waals surface area contributed by atoms with Crippen molar-refractivity contribution in [2.45, 2.75) is 31.6 Å². The number of benzene rings is 2. The Morgan fingerprint density at radius 1 is 1.19 bits per heavy atom. The Labute approximate surface area is 188 Å². The van der Waals surface area contributed by atoms with Crippen LogP contribution in [0.25, 0.3) is 0 Å². The third-order valence-corrected chi connectivity index (χ3v) is 6.35. The zero-order valence-corrected chi connectivity index (χ0v) is 18.7. The van der Waals surface area contributed by atoms with Crippen LogP contribution in [0.5, 0.6) is 5.75 Å². The van der Waals surface area contributed by atoms with Gasteiger partial charge in [-0.1, -0.05) is 11.6 Å². The number of ether oxygens (including phenoxy) is 2. The highest BCUT2D eigenvalue weighted by Crippen LogP contribution is 2.44. The maximum Gasteiger partial charge on any atom is 0.132 e. The first-order chi connectivity index (χ1) is 14.9. The predicted molar refractivity (Wildman–Crippen MR) is 121 cm³/mol. The summed E-state index contributed by atoms with van der Waals surface area (Å²) in [6, 6.07) is 14.9. The maximum absolute atomic E-state index is 11.4. The summed E-state index contributed by atoms with van der Waals surface area (Å²) in [5.74, 6) is 0.699. The highest BCUT2D eigenvalue weighted by molar-refractivity contribution is 6.30. The second-order valence-electron chi connectivity index (χ2n) is 8.58. The number of morpholine rings is 1. The van der Waals surface area contributed by atoms with E-state index in [4.69, 9.17) is 21.1 Å². The number of nitrogens with zero attached hydrogens (tertiary/aromatic N) is 3. The van der Waals surface area contributed by atoms with Gasteiger partial charge in [-0.05, 0) is 56.3 Å². The first-order valence-electron chi connectivity index (χ1n) is 10.6. The summed E-state index contributed by atoms with van der Waals surface area (Å²) in [6.07, 6.45) is -0.797. The van der Waals surface area contributed by atoms with Gasteiger partial charge in [0.25, 0.3) is 0 Å². The lowest BCUT2D eigenvalue weighted by molar-refractivity contribution is -0.0591. The fourth-order valence-corrected chi connectivity index (χ4v) is 4.44. The van der Waals surface area contributed by atoms with Crippen LogP contribution in [0.1, 0.15) is 31.0 Å². The molecule has 164 valence electrons. The van der Waals surface area contributed by atoms with Crippen LogP contribution in [0, 0.1) is 11.3 Å². The Morgan fingerprint density at radius 2 is 1.90 bits per heavy atom. The minimum atomic E-state index is -0.797. The summed E-state index contributed by atoms with van der Waals surface area (Å²) in [6.45, 7) is 8.60. The molecule has 2 aromatic rings. The van der Waals surface area contributed by atoms with E-state index in [0.29, 0.717) is 22.9 Å². The lowest BCUT2D eigenvalue weighted by atomic mass is 9.84. The molecule has 4 rings (SSSR count). The van der Waals surface area contributed by atoms with E-state index in [1.807, 2.05) is 50.2 Å². The molecule has 1 fully saturated rings. The zero-order chi connectivity index (χ0) is 22.0. The van der Waals surface area contributed by atoms with E-state index in [1.165, 1.54) is 0 Å². The smallest absolute Gasteiger partial charge is 0.132 e. The van der Waals surface area contributed by atoms with Gasteiger partial charge in [-0.15, -0.1) is 0 Å². The topological polar surface area (TPSA) is 69.0 Å². The standard InChI is InChI=1S/C24H28ClN3O3/c1-24(2)23(29)22(20-15-17(16-26)3-8-21(20)31-24)28(19-6-4-18(25)5-7-19)10-9-27-11-13-30-14-12-27/h3-8,15,22-23,29H,9-14H2,1-2H3/t22-,23+/m0/s1. The van der Waals surface area contributed by atoms with Crippen LogP contribution >= 0.6 is 11.6 Å². The van der Waals surface area contributed by atoms with Gasteiger partial charge < -0.3 is 19.5 Å². The number of hydrogen-bond acceptors (Lipinski definition) is 6. The summed E-state index contributed by atoms with van der Waals surface area (Å²) in [4.78, 5) is 4.58. The molecule has 2 aromatic carbocycles. The van der Waals surface area contributed by atoms with Gasteiger partial charge in [0.15, 0.2) is 0 Å². The van der Waals surface area contributed by atoms with E-state index in [9.17, 15) is 10.4 Å². The number of halogens is 1. The van der Waals surface area contributed by atoms with E-state index in [0.717, 1.165) is 44.1 Å². The summed E-state index contributed by atoms with van der Waals surface area (Å²) in [7, 11) is 0. The molecule has 0 saturated carbocycles. The predicted octanol–water partition coefficient (Wildman–Crippen LogP) is 3.62. The van der Waals surface area contributed by atoms with Crippen molar-refractivity contribution in [1.82, 2.24) is 4.90 Å². The zero-order valence-electron chi connectivity index (χ0n) is 17.9. The lowest BCUT2D eigenvalue weighted by Crippen LogP contribution is -2.55. The van der Waals surface area contributed by atoms with Gasteiger partial charge in [0.05, 0.1) is 30.9 Å². The number of fused-ring (bicyclic) bond motifs is 1. The van der Waals surface area contributed by atoms with E-state index in [1.54, 1.807) is 6.07 Å². The van der Waals surface area contributed by atoms with Crippen molar-refractivity contribution < 1.29 is 14.6 Å². The molecule has 31 heavy (non-hydrogen) atoms. The fourth-order valence-electron chi connectivity index (χ4n) is 4.31. The summed E-state index contributed by atoms with van der Waals surface area (Å²) >= 11 is 6.15. The third kappa shape index (κ3) is 4.65. The van der Waals surface area contributed by atoms with Gasteiger partial charge in [0.1, 0.15) is 17.5 Å². The Balaban J connectivity index is 1.74. The normalized spacial score (nSPS) is 22.8. The minimum absolute atomic E-state index is 0.366. The van der Waals surface area contributed by atoms with Crippen LogP contribution < -0.4 is 9.64 Å². The van der Waals surface area contributed by atoms with Gasteiger partial charge in [-0.25, -0.2) is 0 Å². The molecule has 7 heteroatoms. The molecule has 0 unspecified atom stereocenters. The molecule has 1 N–H and O–H groups in total. The second kappa shape index (κ2) is 9.05. The quantitative estimate of drug-likeness (QED) is 0.764. The van der Waals surface area contributed by atoms with Crippen molar-refractivity contribution in [2.24, 2.45) is 0 Å². The van der Waals surface area contributed by atoms with Gasteiger partial charge >= 0.3 is 0 Å². The molecule has 0 spiro atoms. The molecule has 0 radical (unpaired) electrons. The van der Waals surface area contributed by atoms with Gasteiger partial charge in [-0.3, -0.25) is 4.90 Å². The molecule has 0 aromatic heterocycles. The SMILES string of the molecule is CC1(C)Oc2ccc(C#N)cc2[C@H](N(CCN2CCOCC2)c2ccc(Cl)cc2)[C@H]1O. The average molecular weight is 442 g/mol. The highest BCUT2D eigenvalue weighted by Gasteiger charge is 2.45. The first-order valence-corrected chi connectivity index (χ1v) is 11.0. The van der Waals surface area contributed by atoms with Crippen LogP contribution in [0.3, 0.4) is 0 Å². The Bertz CT molecular complexity index is 952. The Hall–Kier alpha value is -2.30. The average Bonchev–Trinajstić information content (AvgIpc) is 2.77. The summed E-state index contributed by atoms with van der Waals surface area (Å²) < 4.78 is 11.6. The van der Waals surface area contributed by atoms with Crippen molar-refractivity contribution >= 4 is 17.3 Å². The van der Waals surface area contributed by atoms with Gasteiger partial charge in [0, 0.05) is 42.5 Å². The van der Waals surface area contributed by atoms with Crippen molar-refractivity contribution in [3.63, 3.8) is 0 Å². The molecular formula is C24H28ClN3O3. The van der Waals surface area contributed by atoms with E-state index in [-0.39, 0.29) is 6.04 Å². The van der Waals surface area contributed by atoms with Crippen LogP contribution in [0.4, 0.5) is 5.69 Å². The Morgan fingerprint density at radius 3 is 2.58 bits per heavy atom. The molecule has 0 aliphatic carbocycles. The van der Waals surface area contributed by atoms with Crippen molar-refractivity contribution in [3.8, 4) is 11.8 Å². The largest absolute Gasteiger partial charge is 0.485 e. The van der Waals surface area contributed by atoms with Crippen LogP contribution in [0.15, 0.2) is 42.5 Å². The molecule has 2 atom stereocenters. The molecule has 6 nitrogen and oxygen atoms in total. The van der Waals surface area contributed by atoms with E-state index < -0.39 is 11.7 Å². The second-order valence-corrected chi connectivity index (χ2v) is 9.02. The summed E-state index contributed by atoms with van der Waals surface area (Å²) in [5, 5.41) is 21.5. The first kappa shape index (κ1) is 21.9. The molecule has 0 amide bonds. The van der Waals surface area contributed by atoms with Crippen molar-refractivity contribution in [1.29, 1.82) is 5.26 Å². The van der Waals surface area contributed by atoms with Crippen LogP contribution in [-0.4, -0.2) is 61.1 Å². The van der Waals surface area contributed by atoms with Crippen molar-refractivity contribution in [2.75, 3.05) is 44.3 Å². The monoisotopic (exact) mass is 441 g/mol. The molecule has 1 saturated heterocycles.